The number of rotatable bonds is 3. The van der Waals surface area contributed by atoms with E-state index in [4.69, 9.17) is 0 Å². The highest BCUT2D eigenvalue weighted by atomic mass is 16.2. The van der Waals surface area contributed by atoms with Gasteiger partial charge in [-0.2, -0.15) is 0 Å². The molecule has 0 saturated carbocycles. The van der Waals surface area contributed by atoms with Gasteiger partial charge in [-0.3, -0.25) is 14.6 Å². The predicted molar refractivity (Wildman–Crippen MR) is 84.1 cm³/mol. The maximum absolute atomic E-state index is 12.5. The lowest BCUT2D eigenvalue weighted by Gasteiger charge is -2.40. The molecular formula is C17H25N3O. The Morgan fingerprint density at radius 3 is 2.52 bits per heavy atom. The first-order valence-electron chi connectivity index (χ1n) is 7.99. The summed E-state index contributed by atoms with van der Waals surface area (Å²) in [6, 6.07) is 10.8. The minimum atomic E-state index is 0.297. The first-order valence-corrected chi connectivity index (χ1v) is 7.99. The molecule has 1 aromatic rings. The molecule has 4 nitrogen and oxygen atoms in total. The second kappa shape index (κ2) is 6.58. The summed E-state index contributed by atoms with van der Waals surface area (Å²) in [5.74, 6) is 0.297. The quantitative estimate of drug-likeness (QED) is 0.845. The van der Waals surface area contributed by atoms with Crippen molar-refractivity contribution in [1.29, 1.82) is 0 Å². The van der Waals surface area contributed by atoms with Crippen LogP contribution in [0.4, 0.5) is 0 Å². The number of amides is 1. The fourth-order valence-electron chi connectivity index (χ4n) is 3.37. The number of hydrogen-bond acceptors (Lipinski definition) is 3. The smallest absolute Gasteiger partial charge is 0.236 e. The molecule has 1 amide bonds. The number of likely N-dealkylation sites (tertiary alicyclic amines) is 1. The molecule has 1 aromatic carbocycles. The zero-order valence-electron chi connectivity index (χ0n) is 12.9. The molecular weight excluding hydrogens is 262 g/mol. The fraction of sp³-hybridized carbons (Fsp3) is 0.588. The normalized spacial score (nSPS) is 24.4. The Kier molecular flexibility index (Phi) is 4.56. The topological polar surface area (TPSA) is 26.8 Å². The van der Waals surface area contributed by atoms with Gasteiger partial charge in [-0.05, 0) is 38.5 Å². The van der Waals surface area contributed by atoms with Gasteiger partial charge >= 0.3 is 0 Å². The number of piperazine rings is 1. The number of benzene rings is 1. The van der Waals surface area contributed by atoms with Crippen LogP contribution in [0.3, 0.4) is 0 Å². The van der Waals surface area contributed by atoms with E-state index in [1.165, 1.54) is 18.4 Å². The molecule has 2 aliphatic rings. The summed E-state index contributed by atoms with van der Waals surface area (Å²) in [5, 5.41) is 0. The van der Waals surface area contributed by atoms with Gasteiger partial charge in [-0.15, -0.1) is 0 Å². The zero-order chi connectivity index (χ0) is 14.7. The van der Waals surface area contributed by atoms with Crippen molar-refractivity contribution in [2.24, 2.45) is 0 Å². The maximum atomic E-state index is 12.5. The highest BCUT2D eigenvalue weighted by Gasteiger charge is 2.29. The van der Waals surface area contributed by atoms with Gasteiger partial charge in [0.05, 0.1) is 12.6 Å². The van der Waals surface area contributed by atoms with Crippen LogP contribution in [0, 0.1) is 0 Å². The maximum Gasteiger partial charge on any atom is 0.236 e. The SMILES string of the molecule is CN1CCN(C(=O)CN2CCCC2)CC1c1ccccc1. The average molecular weight is 287 g/mol. The lowest BCUT2D eigenvalue weighted by Crippen LogP contribution is -2.51. The first-order chi connectivity index (χ1) is 10.2. The molecule has 2 saturated heterocycles. The third kappa shape index (κ3) is 3.44. The van der Waals surface area contributed by atoms with Crippen molar-refractivity contribution in [3.05, 3.63) is 35.9 Å². The lowest BCUT2D eigenvalue weighted by atomic mass is 10.0. The standard InChI is InChI=1S/C17H25N3O/c1-18-11-12-20(17(21)14-19-9-5-6-10-19)13-16(18)15-7-3-2-4-8-15/h2-4,7-8,16H,5-6,9-14H2,1H3. The van der Waals surface area contributed by atoms with Crippen molar-refractivity contribution < 1.29 is 4.79 Å². The van der Waals surface area contributed by atoms with Crippen LogP contribution in [0.5, 0.6) is 0 Å². The molecule has 3 rings (SSSR count). The minimum Gasteiger partial charge on any atom is -0.338 e. The third-order valence-corrected chi connectivity index (χ3v) is 4.74. The van der Waals surface area contributed by atoms with Crippen LogP contribution in [-0.4, -0.2) is 66.9 Å². The largest absolute Gasteiger partial charge is 0.338 e. The van der Waals surface area contributed by atoms with Gasteiger partial charge in [0, 0.05) is 19.6 Å². The predicted octanol–water partition coefficient (Wildman–Crippen LogP) is 1.60. The molecule has 1 atom stereocenters. The Bertz CT molecular complexity index is 470. The van der Waals surface area contributed by atoms with Crippen LogP contribution in [0.25, 0.3) is 0 Å². The summed E-state index contributed by atoms with van der Waals surface area (Å²) >= 11 is 0. The Balaban J connectivity index is 1.63. The van der Waals surface area contributed by atoms with E-state index in [9.17, 15) is 4.79 Å². The van der Waals surface area contributed by atoms with Crippen LogP contribution in [0.2, 0.25) is 0 Å². The molecule has 114 valence electrons. The van der Waals surface area contributed by atoms with Gasteiger partial charge in [-0.25, -0.2) is 0 Å². The van der Waals surface area contributed by atoms with Crippen LogP contribution in [0.1, 0.15) is 24.4 Å². The molecule has 0 aliphatic carbocycles. The van der Waals surface area contributed by atoms with Gasteiger partial charge < -0.3 is 4.90 Å². The number of nitrogens with zero attached hydrogens (tertiary/aromatic N) is 3. The Labute approximate surface area is 127 Å². The average Bonchev–Trinajstić information content (AvgIpc) is 3.01. The number of carbonyl (C=O) groups excluding carboxylic acids is 1. The van der Waals surface area contributed by atoms with E-state index in [1.54, 1.807) is 0 Å². The molecule has 0 aromatic heterocycles. The Morgan fingerprint density at radius 1 is 1.10 bits per heavy atom. The molecule has 0 radical (unpaired) electrons. The van der Waals surface area contributed by atoms with Crippen LogP contribution >= 0.6 is 0 Å². The van der Waals surface area contributed by atoms with Crippen molar-refractivity contribution >= 4 is 5.91 Å². The molecule has 2 heterocycles. The summed E-state index contributed by atoms with van der Waals surface area (Å²) in [7, 11) is 2.15. The summed E-state index contributed by atoms with van der Waals surface area (Å²) < 4.78 is 0. The Hall–Kier alpha value is -1.39. The third-order valence-electron chi connectivity index (χ3n) is 4.74. The summed E-state index contributed by atoms with van der Waals surface area (Å²) in [6.07, 6.45) is 2.48. The van der Waals surface area contributed by atoms with E-state index in [-0.39, 0.29) is 0 Å². The van der Waals surface area contributed by atoms with E-state index in [1.807, 2.05) is 6.07 Å². The molecule has 21 heavy (non-hydrogen) atoms. The van der Waals surface area contributed by atoms with E-state index in [0.29, 0.717) is 18.5 Å². The van der Waals surface area contributed by atoms with E-state index in [2.05, 4.69) is 46.0 Å². The van der Waals surface area contributed by atoms with Crippen LogP contribution in [-0.2, 0) is 4.79 Å². The lowest BCUT2D eigenvalue weighted by molar-refractivity contribution is -0.135. The van der Waals surface area contributed by atoms with Gasteiger partial charge in [0.2, 0.25) is 5.91 Å². The second-order valence-electron chi connectivity index (χ2n) is 6.23. The van der Waals surface area contributed by atoms with Gasteiger partial charge in [0.25, 0.3) is 0 Å². The number of likely N-dealkylation sites (N-methyl/N-ethyl adjacent to an activating group) is 1. The van der Waals surface area contributed by atoms with Crippen molar-refractivity contribution in [3.8, 4) is 0 Å². The van der Waals surface area contributed by atoms with E-state index >= 15 is 0 Å². The van der Waals surface area contributed by atoms with Crippen molar-refractivity contribution in [1.82, 2.24) is 14.7 Å². The number of hydrogen-bond donors (Lipinski definition) is 0. The zero-order valence-corrected chi connectivity index (χ0v) is 12.9. The summed E-state index contributed by atoms with van der Waals surface area (Å²) in [5.41, 5.74) is 1.30. The first kappa shape index (κ1) is 14.5. The fourth-order valence-corrected chi connectivity index (χ4v) is 3.37. The summed E-state index contributed by atoms with van der Waals surface area (Å²) in [4.78, 5) is 19.2. The van der Waals surface area contributed by atoms with Crippen molar-refractivity contribution in [2.45, 2.75) is 18.9 Å². The van der Waals surface area contributed by atoms with Gasteiger partial charge in [0.1, 0.15) is 0 Å². The Morgan fingerprint density at radius 2 is 1.81 bits per heavy atom. The van der Waals surface area contributed by atoms with Crippen molar-refractivity contribution in [2.75, 3.05) is 46.3 Å². The molecule has 0 N–H and O–H groups in total. The second-order valence-corrected chi connectivity index (χ2v) is 6.23. The van der Waals surface area contributed by atoms with Gasteiger partial charge in [0.15, 0.2) is 0 Å². The van der Waals surface area contributed by atoms with Crippen LogP contribution < -0.4 is 0 Å². The molecule has 1 unspecified atom stereocenters. The van der Waals surface area contributed by atoms with Crippen molar-refractivity contribution in [3.63, 3.8) is 0 Å². The van der Waals surface area contributed by atoms with Crippen LogP contribution in [0.15, 0.2) is 30.3 Å². The molecule has 0 spiro atoms. The van der Waals surface area contributed by atoms with E-state index < -0.39 is 0 Å². The van der Waals surface area contributed by atoms with Gasteiger partial charge in [-0.1, -0.05) is 30.3 Å². The molecule has 4 heteroatoms. The highest BCUT2D eigenvalue weighted by Crippen LogP contribution is 2.24. The number of carbonyl (C=O) groups is 1. The molecule has 0 bridgehead atoms. The minimum absolute atomic E-state index is 0.297. The monoisotopic (exact) mass is 287 g/mol. The molecule has 2 aliphatic heterocycles. The van der Waals surface area contributed by atoms with E-state index in [0.717, 1.165) is 32.7 Å². The summed E-state index contributed by atoms with van der Waals surface area (Å²) in [6.45, 7) is 5.39. The highest BCUT2D eigenvalue weighted by molar-refractivity contribution is 5.78. The molecule has 2 fully saturated rings.